The summed E-state index contributed by atoms with van der Waals surface area (Å²) in [6.07, 6.45) is 1.01. The molecule has 1 aliphatic heterocycles. The minimum atomic E-state index is -3.87. The standard InChI is InChI=1S/C22H18FN3O4S/c23-16-4-9-19(10-5-16)31(29,30)26-17-6-1-14(2-7-17)22(28)24-18-8-11-20-15(13-18)3-12-21(27)25-20/h1-2,4-11,13,26H,3,12H2,(H,24,28)(H,25,27). The molecule has 0 aliphatic carbocycles. The van der Waals surface area contributed by atoms with Gasteiger partial charge in [-0.2, -0.15) is 0 Å². The molecule has 158 valence electrons. The van der Waals surface area contributed by atoms with Gasteiger partial charge in [0.05, 0.1) is 4.90 Å². The van der Waals surface area contributed by atoms with Crippen molar-refractivity contribution in [2.24, 2.45) is 0 Å². The smallest absolute Gasteiger partial charge is 0.261 e. The van der Waals surface area contributed by atoms with Crippen LogP contribution in [0.4, 0.5) is 21.5 Å². The molecule has 3 aromatic carbocycles. The molecule has 3 aromatic rings. The Hall–Kier alpha value is -3.72. The third-order valence-corrected chi connectivity index (χ3v) is 6.18. The van der Waals surface area contributed by atoms with E-state index in [4.69, 9.17) is 0 Å². The van der Waals surface area contributed by atoms with Gasteiger partial charge in [0.25, 0.3) is 15.9 Å². The van der Waals surface area contributed by atoms with Crippen LogP contribution in [0.2, 0.25) is 0 Å². The molecular weight excluding hydrogens is 421 g/mol. The third kappa shape index (κ3) is 4.72. The lowest BCUT2D eigenvalue weighted by Gasteiger charge is -2.17. The van der Waals surface area contributed by atoms with Crippen LogP contribution in [-0.2, 0) is 21.2 Å². The Balaban J connectivity index is 1.44. The molecule has 9 heteroatoms. The summed E-state index contributed by atoms with van der Waals surface area (Å²) in [7, 11) is -3.87. The summed E-state index contributed by atoms with van der Waals surface area (Å²) in [4.78, 5) is 23.9. The first-order valence-electron chi connectivity index (χ1n) is 9.43. The first-order valence-corrected chi connectivity index (χ1v) is 10.9. The maximum absolute atomic E-state index is 13.0. The van der Waals surface area contributed by atoms with Crippen molar-refractivity contribution in [3.63, 3.8) is 0 Å². The highest BCUT2D eigenvalue weighted by Crippen LogP contribution is 2.26. The Morgan fingerprint density at radius 2 is 1.58 bits per heavy atom. The Bertz CT molecular complexity index is 1260. The van der Waals surface area contributed by atoms with Gasteiger partial charge in [-0.25, -0.2) is 12.8 Å². The van der Waals surface area contributed by atoms with Crippen molar-refractivity contribution in [2.75, 3.05) is 15.4 Å². The van der Waals surface area contributed by atoms with E-state index in [0.29, 0.717) is 24.1 Å². The van der Waals surface area contributed by atoms with Gasteiger partial charge in [0, 0.05) is 29.0 Å². The molecule has 2 amide bonds. The number of halogens is 1. The van der Waals surface area contributed by atoms with Crippen molar-refractivity contribution in [3.05, 3.63) is 83.7 Å². The molecule has 0 unspecified atom stereocenters. The lowest BCUT2D eigenvalue weighted by molar-refractivity contribution is -0.116. The highest BCUT2D eigenvalue weighted by molar-refractivity contribution is 7.92. The van der Waals surface area contributed by atoms with Crippen molar-refractivity contribution >= 4 is 38.9 Å². The maximum Gasteiger partial charge on any atom is 0.261 e. The van der Waals surface area contributed by atoms with Crippen molar-refractivity contribution in [1.29, 1.82) is 0 Å². The normalized spacial score (nSPS) is 13.1. The summed E-state index contributed by atoms with van der Waals surface area (Å²) in [5, 5.41) is 5.58. The number of nitrogens with one attached hydrogen (secondary N) is 3. The number of amides is 2. The molecule has 7 nitrogen and oxygen atoms in total. The zero-order chi connectivity index (χ0) is 22.0. The van der Waals surface area contributed by atoms with Crippen LogP contribution in [0.1, 0.15) is 22.3 Å². The summed E-state index contributed by atoms with van der Waals surface area (Å²) < 4.78 is 40.1. The van der Waals surface area contributed by atoms with Gasteiger partial charge >= 0.3 is 0 Å². The molecule has 0 bridgehead atoms. The number of hydrogen-bond acceptors (Lipinski definition) is 4. The molecule has 3 N–H and O–H groups in total. The lowest BCUT2D eigenvalue weighted by atomic mass is 10.0. The van der Waals surface area contributed by atoms with Gasteiger partial charge in [0.15, 0.2) is 0 Å². The number of carbonyl (C=O) groups is 2. The fourth-order valence-electron chi connectivity index (χ4n) is 3.18. The molecule has 0 radical (unpaired) electrons. The predicted octanol–water partition coefficient (Wildman–Crippen LogP) is 3.76. The topological polar surface area (TPSA) is 104 Å². The number of fused-ring (bicyclic) bond motifs is 1. The lowest BCUT2D eigenvalue weighted by Crippen LogP contribution is -2.19. The minimum Gasteiger partial charge on any atom is -0.326 e. The molecule has 4 rings (SSSR count). The largest absolute Gasteiger partial charge is 0.326 e. The molecule has 1 aliphatic rings. The zero-order valence-electron chi connectivity index (χ0n) is 16.2. The number of rotatable bonds is 5. The Morgan fingerprint density at radius 3 is 2.29 bits per heavy atom. The van der Waals surface area contributed by atoms with Crippen LogP contribution in [0.5, 0.6) is 0 Å². The van der Waals surface area contributed by atoms with Crippen molar-refractivity contribution in [2.45, 2.75) is 17.7 Å². The van der Waals surface area contributed by atoms with E-state index in [1.54, 1.807) is 12.1 Å². The van der Waals surface area contributed by atoms with Crippen LogP contribution in [-0.4, -0.2) is 20.2 Å². The summed E-state index contributed by atoms with van der Waals surface area (Å²) in [6, 6.07) is 15.7. The van der Waals surface area contributed by atoms with E-state index in [9.17, 15) is 22.4 Å². The third-order valence-electron chi connectivity index (χ3n) is 4.78. The fourth-order valence-corrected chi connectivity index (χ4v) is 4.24. The van der Waals surface area contributed by atoms with Gasteiger partial charge in [0.1, 0.15) is 5.82 Å². The quantitative estimate of drug-likeness (QED) is 0.563. The van der Waals surface area contributed by atoms with Gasteiger partial charge in [-0.05, 0) is 78.7 Å². The van der Waals surface area contributed by atoms with Gasteiger partial charge < -0.3 is 10.6 Å². The number of hydrogen-bond donors (Lipinski definition) is 3. The number of aryl methyl sites for hydroxylation is 1. The van der Waals surface area contributed by atoms with E-state index in [1.165, 1.54) is 36.4 Å². The van der Waals surface area contributed by atoms with Gasteiger partial charge in [-0.1, -0.05) is 0 Å². The van der Waals surface area contributed by atoms with E-state index in [-0.39, 0.29) is 22.4 Å². The highest BCUT2D eigenvalue weighted by Gasteiger charge is 2.17. The predicted molar refractivity (Wildman–Crippen MR) is 115 cm³/mol. The first kappa shape index (κ1) is 20.5. The van der Waals surface area contributed by atoms with Crippen LogP contribution >= 0.6 is 0 Å². The Morgan fingerprint density at radius 1 is 0.903 bits per heavy atom. The van der Waals surface area contributed by atoms with Crippen molar-refractivity contribution in [3.8, 4) is 0 Å². The number of anilines is 3. The van der Waals surface area contributed by atoms with Crippen molar-refractivity contribution < 1.29 is 22.4 Å². The van der Waals surface area contributed by atoms with Crippen LogP contribution in [0, 0.1) is 5.82 Å². The van der Waals surface area contributed by atoms with E-state index in [0.717, 1.165) is 23.4 Å². The molecule has 1 heterocycles. The molecule has 31 heavy (non-hydrogen) atoms. The SMILES string of the molecule is O=C1CCc2cc(NC(=O)c3ccc(NS(=O)(=O)c4ccc(F)cc4)cc3)ccc2N1. The monoisotopic (exact) mass is 439 g/mol. The number of carbonyl (C=O) groups excluding carboxylic acids is 2. The average molecular weight is 439 g/mol. The van der Waals surface area contributed by atoms with E-state index >= 15 is 0 Å². The Labute approximate surface area is 178 Å². The second kappa shape index (κ2) is 8.19. The average Bonchev–Trinajstić information content (AvgIpc) is 2.74. The fraction of sp³-hybridized carbons (Fsp3) is 0.0909. The maximum atomic E-state index is 13.0. The van der Waals surface area contributed by atoms with Crippen LogP contribution < -0.4 is 15.4 Å². The van der Waals surface area contributed by atoms with E-state index < -0.39 is 15.8 Å². The first-order chi connectivity index (χ1) is 14.8. The zero-order valence-corrected chi connectivity index (χ0v) is 17.0. The van der Waals surface area contributed by atoms with E-state index in [1.807, 2.05) is 6.07 Å². The summed E-state index contributed by atoms with van der Waals surface area (Å²) in [5.41, 5.74) is 2.90. The second-order valence-electron chi connectivity index (χ2n) is 7.01. The van der Waals surface area contributed by atoms with Gasteiger partial charge in [-0.15, -0.1) is 0 Å². The minimum absolute atomic E-state index is 0.0283. The van der Waals surface area contributed by atoms with Crippen LogP contribution in [0.15, 0.2) is 71.6 Å². The molecule has 0 fully saturated rings. The van der Waals surface area contributed by atoms with Gasteiger partial charge in [-0.3, -0.25) is 14.3 Å². The molecule has 0 spiro atoms. The second-order valence-corrected chi connectivity index (χ2v) is 8.69. The molecule has 0 atom stereocenters. The number of benzene rings is 3. The Kier molecular flexibility index (Phi) is 5.43. The van der Waals surface area contributed by atoms with Gasteiger partial charge in [0.2, 0.25) is 5.91 Å². The highest BCUT2D eigenvalue weighted by atomic mass is 32.2. The molecular formula is C22H18FN3O4S. The molecule has 0 aromatic heterocycles. The summed E-state index contributed by atoms with van der Waals surface area (Å²) in [5.74, 6) is -0.912. The molecule has 0 saturated heterocycles. The molecule has 0 saturated carbocycles. The van der Waals surface area contributed by atoms with E-state index in [2.05, 4.69) is 15.4 Å². The van der Waals surface area contributed by atoms with Crippen LogP contribution in [0.3, 0.4) is 0 Å². The number of sulfonamides is 1. The van der Waals surface area contributed by atoms with Crippen LogP contribution in [0.25, 0.3) is 0 Å². The summed E-state index contributed by atoms with van der Waals surface area (Å²) in [6.45, 7) is 0. The van der Waals surface area contributed by atoms with Crippen molar-refractivity contribution in [1.82, 2.24) is 0 Å². The summed E-state index contributed by atoms with van der Waals surface area (Å²) >= 11 is 0.